The van der Waals surface area contributed by atoms with Crippen LogP contribution in [0.15, 0.2) is 72.8 Å². The van der Waals surface area contributed by atoms with Gasteiger partial charge in [0, 0.05) is 13.1 Å². The lowest BCUT2D eigenvalue weighted by Crippen LogP contribution is -2.49. The van der Waals surface area contributed by atoms with E-state index >= 15 is 0 Å². The SMILES string of the molecule is OC(CN1c2ccccc2N(Cc2cccc(OC(F)F)c2)CC1c1cccc(C(F)(F)F)c1)C(F)(F)F. The zero-order valence-electron chi connectivity index (χ0n) is 19.6. The van der Waals surface area contributed by atoms with Crippen LogP contribution in [0.2, 0.25) is 0 Å². The first-order valence-electron chi connectivity index (χ1n) is 11.4. The van der Waals surface area contributed by atoms with E-state index in [4.69, 9.17) is 0 Å². The molecule has 0 radical (unpaired) electrons. The Morgan fingerprint density at radius 2 is 1.55 bits per heavy atom. The second-order valence-corrected chi connectivity index (χ2v) is 8.74. The van der Waals surface area contributed by atoms with Crippen LogP contribution in [0.3, 0.4) is 0 Å². The third kappa shape index (κ3) is 6.29. The lowest BCUT2D eigenvalue weighted by atomic mass is 9.96. The number of ether oxygens (including phenoxy) is 1. The minimum absolute atomic E-state index is 0.0527. The monoisotopic (exact) mass is 546 g/mol. The molecule has 0 aromatic heterocycles. The van der Waals surface area contributed by atoms with Crippen molar-refractivity contribution in [2.45, 2.75) is 37.7 Å². The first-order valence-corrected chi connectivity index (χ1v) is 11.4. The van der Waals surface area contributed by atoms with Gasteiger partial charge in [0.2, 0.25) is 0 Å². The second kappa shape index (κ2) is 10.7. The number of fused-ring (bicyclic) bond motifs is 1. The molecule has 38 heavy (non-hydrogen) atoms. The molecule has 4 rings (SSSR count). The normalized spacial score (nSPS) is 16.9. The average molecular weight is 546 g/mol. The number of rotatable bonds is 7. The van der Waals surface area contributed by atoms with Crippen molar-refractivity contribution < 1.29 is 45.0 Å². The molecule has 4 nitrogen and oxygen atoms in total. The number of β-amino-alcohol motifs (C(OH)–C–C–N with tert-alkyl or cyclic N) is 1. The van der Waals surface area contributed by atoms with Gasteiger partial charge >= 0.3 is 19.0 Å². The van der Waals surface area contributed by atoms with Crippen LogP contribution >= 0.6 is 0 Å². The third-order valence-electron chi connectivity index (χ3n) is 6.14. The molecule has 1 aliphatic heterocycles. The van der Waals surface area contributed by atoms with Crippen LogP contribution in [0.25, 0.3) is 0 Å². The Balaban J connectivity index is 1.77. The number of hydrogen-bond donors (Lipinski definition) is 1. The number of aliphatic hydroxyl groups excluding tert-OH is 1. The van der Waals surface area contributed by atoms with E-state index in [1.54, 1.807) is 29.2 Å². The van der Waals surface area contributed by atoms with E-state index in [2.05, 4.69) is 4.74 Å². The summed E-state index contributed by atoms with van der Waals surface area (Å²) in [5.74, 6) is -0.0906. The van der Waals surface area contributed by atoms with E-state index in [1.165, 1.54) is 41.3 Å². The van der Waals surface area contributed by atoms with Crippen molar-refractivity contribution in [2.75, 3.05) is 22.9 Å². The lowest BCUT2D eigenvalue weighted by molar-refractivity contribution is -0.200. The fourth-order valence-electron chi connectivity index (χ4n) is 4.46. The van der Waals surface area contributed by atoms with Gasteiger partial charge in [-0.25, -0.2) is 0 Å². The number of hydrogen-bond acceptors (Lipinski definition) is 4. The average Bonchev–Trinajstić information content (AvgIpc) is 2.84. The summed E-state index contributed by atoms with van der Waals surface area (Å²) >= 11 is 0. The van der Waals surface area contributed by atoms with E-state index in [0.717, 1.165) is 12.1 Å². The Kier molecular flexibility index (Phi) is 7.73. The number of alkyl halides is 8. The van der Waals surface area contributed by atoms with Crippen LogP contribution < -0.4 is 14.5 Å². The van der Waals surface area contributed by atoms with Crippen LogP contribution in [0.1, 0.15) is 22.7 Å². The summed E-state index contributed by atoms with van der Waals surface area (Å²) in [7, 11) is 0. The van der Waals surface area contributed by atoms with Gasteiger partial charge in [-0.3, -0.25) is 0 Å². The van der Waals surface area contributed by atoms with Gasteiger partial charge in [0.15, 0.2) is 6.10 Å². The van der Waals surface area contributed by atoms with Crippen molar-refractivity contribution in [3.8, 4) is 5.75 Å². The Morgan fingerprint density at radius 3 is 2.21 bits per heavy atom. The van der Waals surface area contributed by atoms with Crippen LogP contribution in [-0.2, 0) is 12.7 Å². The fourth-order valence-corrected chi connectivity index (χ4v) is 4.46. The van der Waals surface area contributed by atoms with Gasteiger partial charge in [-0.1, -0.05) is 36.4 Å². The first-order chi connectivity index (χ1) is 17.8. The summed E-state index contributed by atoms with van der Waals surface area (Å²) in [6.07, 6.45) is -12.4. The lowest BCUT2D eigenvalue weighted by Gasteiger charge is -2.46. The van der Waals surface area contributed by atoms with Crippen molar-refractivity contribution in [3.05, 3.63) is 89.5 Å². The third-order valence-corrected chi connectivity index (χ3v) is 6.14. The molecule has 1 N–H and O–H groups in total. The molecule has 3 aromatic rings. The zero-order valence-corrected chi connectivity index (χ0v) is 19.6. The molecular formula is C26H22F8N2O2. The molecule has 0 bridgehead atoms. The molecule has 1 aliphatic rings. The number of halogens is 8. The quantitative estimate of drug-likeness (QED) is 0.331. The minimum Gasteiger partial charge on any atom is -0.435 e. The van der Waals surface area contributed by atoms with Gasteiger partial charge < -0.3 is 19.6 Å². The first kappa shape index (κ1) is 27.5. The maximum absolute atomic E-state index is 13.5. The van der Waals surface area contributed by atoms with E-state index in [1.807, 2.05) is 0 Å². The molecule has 2 atom stereocenters. The Bertz CT molecular complexity index is 1250. The molecule has 0 fully saturated rings. The van der Waals surface area contributed by atoms with E-state index in [0.29, 0.717) is 11.3 Å². The Morgan fingerprint density at radius 1 is 0.868 bits per heavy atom. The predicted octanol–water partition coefficient (Wildman–Crippen LogP) is 6.80. The molecule has 1 heterocycles. The summed E-state index contributed by atoms with van der Waals surface area (Å²) in [6.45, 7) is -3.90. The molecule has 12 heteroatoms. The molecular weight excluding hydrogens is 524 g/mol. The Hall–Kier alpha value is -3.54. The number of nitrogens with zero attached hydrogens (tertiary/aromatic N) is 2. The van der Waals surface area contributed by atoms with Crippen molar-refractivity contribution in [1.29, 1.82) is 0 Å². The Labute approximate surface area is 212 Å². The maximum atomic E-state index is 13.5. The minimum atomic E-state index is -4.95. The summed E-state index contributed by atoms with van der Waals surface area (Å²) in [5, 5.41) is 9.88. The number of para-hydroxylation sites is 2. The second-order valence-electron chi connectivity index (χ2n) is 8.74. The number of aliphatic hydroxyl groups is 1. The van der Waals surface area contributed by atoms with Gasteiger partial charge in [0.05, 0.1) is 29.5 Å². The predicted molar refractivity (Wildman–Crippen MR) is 124 cm³/mol. The smallest absolute Gasteiger partial charge is 0.416 e. The largest absolute Gasteiger partial charge is 0.435 e. The van der Waals surface area contributed by atoms with Crippen LogP contribution in [0.5, 0.6) is 5.75 Å². The van der Waals surface area contributed by atoms with Crippen molar-refractivity contribution >= 4 is 11.4 Å². The van der Waals surface area contributed by atoms with Crippen molar-refractivity contribution in [1.82, 2.24) is 0 Å². The highest BCUT2D eigenvalue weighted by atomic mass is 19.4. The van der Waals surface area contributed by atoms with Crippen LogP contribution in [-0.4, -0.2) is 37.1 Å². The van der Waals surface area contributed by atoms with Crippen molar-refractivity contribution in [2.24, 2.45) is 0 Å². The molecule has 204 valence electrons. The molecule has 0 saturated heterocycles. The maximum Gasteiger partial charge on any atom is 0.416 e. The molecule has 0 spiro atoms. The summed E-state index contributed by atoms with van der Waals surface area (Å²) in [6, 6.07) is 15.5. The van der Waals surface area contributed by atoms with Gasteiger partial charge in [-0.05, 0) is 47.5 Å². The van der Waals surface area contributed by atoms with Crippen LogP contribution in [0, 0.1) is 0 Å². The fraction of sp³-hybridized carbons (Fsp3) is 0.308. The highest BCUT2D eigenvalue weighted by molar-refractivity contribution is 5.75. The summed E-state index contributed by atoms with van der Waals surface area (Å²) in [5.41, 5.74) is 0.399. The van der Waals surface area contributed by atoms with E-state index in [9.17, 15) is 40.2 Å². The molecule has 2 unspecified atom stereocenters. The molecule has 3 aromatic carbocycles. The van der Waals surface area contributed by atoms with Gasteiger partial charge in [0.1, 0.15) is 5.75 Å². The zero-order chi connectivity index (χ0) is 27.7. The molecule has 0 amide bonds. The van der Waals surface area contributed by atoms with E-state index < -0.39 is 43.2 Å². The van der Waals surface area contributed by atoms with Gasteiger partial charge in [-0.15, -0.1) is 0 Å². The van der Waals surface area contributed by atoms with Crippen molar-refractivity contribution in [3.63, 3.8) is 0 Å². The highest BCUT2D eigenvalue weighted by Crippen LogP contribution is 2.43. The molecule has 0 saturated carbocycles. The number of anilines is 2. The molecule has 0 aliphatic carbocycles. The summed E-state index contributed by atoms with van der Waals surface area (Å²) < 4.78 is 110. The summed E-state index contributed by atoms with van der Waals surface area (Å²) in [4.78, 5) is 2.98. The highest BCUT2D eigenvalue weighted by Gasteiger charge is 2.43. The van der Waals surface area contributed by atoms with E-state index in [-0.39, 0.29) is 30.1 Å². The number of benzene rings is 3. The van der Waals surface area contributed by atoms with Gasteiger partial charge in [0.25, 0.3) is 0 Å². The van der Waals surface area contributed by atoms with Crippen LogP contribution in [0.4, 0.5) is 46.5 Å². The van der Waals surface area contributed by atoms with Gasteiger partial charge in [-0.2, -0.15) is 35.1 Å². The topological polar surface area (TPSA) is 35.9 Å². The standard InChI is InChI=1S/C26H22F8N2O2/c27-24(28)38-19-8-3-5-16(11-19)13-35-14-22(17-6-4-7-18(12-17)25(29,30)31)36(15-23(37)26(32,33)34)21-10-2-1-9-20(21)35/h1-12,22-24,37H,13-15H2.